The summed E-state index contributed by atoms with van der Waals surface area (Å²) in [6.07, 6.45) is 0.460. The van der Waals surface area contributed by atoms with Crippen LogP contribution in [0.1, 0.15) is 16.1 Å². The number of aliphatic hydroxyl groups excluding tert-OH is 1. The van der Waals surface area contributed by atoms with Gasteiger partial charge in [0.05, 0.1) is 17.5 Å². The number of hydrogen-bond acceptors (Lipinski definition) is 5. The van der Waals surface area contributed by atoms with Crippen LogP contribution in [0.3, 0.4) is 0 Å². The van der Waals surface area contributed by atoms with Crippen molar-refractivity contribution in [3.05, 3.63) is 22.4 Å². The Bertz CT molecular complexity index is 392. The minimum Gasteiger partial charge on any atom is -0.392 e. The van der Waals surface area contributed by atoms with Crippen LogP contribution in [0.4, 0.5) is 0 Å². The van der Waals surface area contributed by atoms with Crippen LogP contribution < -0.4 is 0 Å². The Hall–Kier alpha value is -0.750. The van der Waals surface area contributed by atoms with Crippen molar-refractivity contribution in [1.82, 2.24) is 9.80 Å². The van der Waals surface area contributed by atoms with Gasteiger partial charge in [-0.05, 0) is 32.0 Å². The average Bonchev–Trinajstić information content (AvgIpc) is 2.88. The second kappa shape index (κ2) is 5.93. The van der Waals surface area contributed by atoms with E-state index < -0.39 is 0 Å². The standard InChI is InChI=1S/C13H20N2O2S/c1-14(2)7-10-6-11(16)8-15(10)9-12(17)13-4-3-5-18-13/h3-5,10-11,16H,6-9H2,1-2H3. The minimum atomic E-state index is -0.300. The molecule has 0 saturated carbocycles. The zero-order valence-electron chi connectivity index (χ0n) is 10.9. The molecule has 2 heterocycles. The summed E-state index contributed by atoms with van der Waals surface area (Å²) in [5.74, 6) is 0.155. The Morgan fingerprint density at radius 2 is 2.39 bits per heavy atom. The zero-order chi connectivity index (χ0) is 13.1. The lowest BCUT2D eigenvalue weighted by molar-refractivity contribution is 0.0906. The van der Waals surface area contributed by atoms with Gasteiger partial charge in [0.25, 0.3) is 0 Å². The monoisotopic (exact) mass is 268 g/mol. The first kappa shape index (κ1) is 13.7. The minimum absolute atomic E-state index is 0.155. The zero-order valence-corrected chi connectivity index (χ0v) is 11.7. The van der Waals surface area contributed by atoms with E-state index in [0.29, 0.717) is 13.1 Å². The summed E-state index contributed by atoms with van der Waals surface area (Å²) in [6, 6.07) is 4.04. The lowest BCUT2D eigenvalue weighted by Gasteiger charge is -2.25. The first-order valence-electron chi connectivity index (χ1n) is 6.20. The third-order valence-electron chi connectivity index (χ3n) is 3.22. The summed E-state index contributed by atoms with van der Waals surface area (Å²) in [4.78, 5) is 17.1. The number of β-amino-alcohol motifs (C(OH)–C–C–N with tert-alkyl or cyclic N) is 1. The summed E-state index contributed by atoms with van der Waals surface area (Å²) >= 11 is 1.48. The van der Waals surface area contributed by atoms with Crippen LogP contribution in [0, 0.1) is 0 Å². The van der Waals surface area contributed by atoms with Gasteiger partial charge < -0.3 is 10.0 Å². The fourth-order valence-corrected chi connectivity index (χ4v) is 3.12. The molecule has 1 aliphatic heterocycles. The van der Waals surface area contributed by atoms with E-state index in [2.05, 4.69) is 9.80 Å². The van der Waals surface area contributed by atoms with Crippen LogP contribution in [0.15, 0.2) is 17.5 Å². The Morgan fingerprint density at radius 1 is 1.61 bits per heavy atom. The number of carbonyl (C=O) groups excluding carboxylic acids is 1. The summed E-state index contributed by atoms with van der Waals surface area (Å²) in [5.41, 5.74) is 0. The van der Waals surface area contributed by atoms with Gasteiger partial charge in [-0.3, -0.25) is 9.69 Å². The van der Waals surface area contributed by atoms with Gasteiger partial charge in [0.15, 0.2) is 5.78 Å². The van der Waals surface area contributed by atoms with Gasteiger partial charge >= 0.3 is 0 Å². The molecule has 2 atom stereocenters. The molecule has 0 radical (unpaired) electrons. The van der Waals surface area contributed by atoms with Crippen LogP contribution in [-0.2, 0) is 0 Å². The molecule has 0 bridgehead atoms. The maximum Gasteiger partial charge on any atom is 0.186 e. The van der Waals surface area contributed by atoms with Gasteiger partial charge in [0, 0.05) is 19.1 Å². The van der Waals surface area contributed by atoms with Crippen LogP contribution in [0.5, 0.6) is 0 Å². The predicted octanol–water partition coefficient (Wildman–Crippen LogP) is 0.928. The smallest absolute Gasteiger partial charge is 0.186 e. The Labute approximate surface area is 112 Å². The molecular formula is C13H20N2O2S. The molecule has 1 aliphatic rings. The number of hydrogen-bond donors (Lipinski definition) is 1. The number of ketones is 1. The summed E-state index contributed by atoms with van der Waals surface area (Å²) in [7, 11) is 4.04. The molecule has 0 aromatic carbocycles. The Kier molecular flexibility index (Phi) is 4.50. The molecule has 0 amide bonds. The number of thiophene rings is 1. The number of carbonyl (C=O) groups is 1. The van der Waals surface area contributed by atoms with E-state index in [1.54, 1.807) is 0 Å². The largest absolute Gasteiger partial charge is 0.392 e. The molecule has 1 aromatic heterocycles. The Morgan fingerprint density at radius 3 is 3.00 bits per heavy atom. The molecule has 0 spiro atoms. The number of likely N-dealkylation sites (N-methyl/N-ethyl adjacent to an activating group) is 1. The molecule has 1 N–H and O–H groups in total. The van der Waals surface area contributed by atoms with E-state index in [4.69, 9.17) is 0 Å². The third kappa shape index (κ3) is 3.38. The first-order valence-corrected chi connectivity index (χ1v) is 7.07. The normalized spacial score (nSPS) is 24.9. The van der Waals surface area contributed by atoms with Crippen LogP contribution in [-0.4, -0.2) is 66.6 Å². The van der Waals surface area contributed by atoms with Crippen molar-refractivity contribution < 1.29 is 9.90 Å². The van der Waals surface area contributed by atoms with Crippen molar-refractivity contribution in [1.29, 1.82) is 0 Å². The molecule has 4 nitrogen and oxygen atoms in total. The molecule has 100 valence electrons. The molecule has 5 heteroatoms. The van der Waals surface area contributed by atoms with Crippen LogP contribution in [0.25, 0.3) is 0 Å². The van der Waals surface area contributed by atoms with E-state index in [1.165, 1.54) is 11.3 Å². The molecule has 1 saturated heterocycles. The quantitative estimate of drug-likeness (QED) is 0.807. The van der Waals surface area contributed by atoms with Crippen molar-refractivity contribution in [3.63, 3.8) is 0 Å². The van der Waals surface area contributed by atoms with E-state index >= 15 is 0 Å². The molecular weight excluding hydrogens is 248 g/mol. The third-order valence-corrected chi connectivity index (χ3v) is 4.14. The van der Waals surface area contributed by atoms with Crippen molar-refractivity contribution in [2.75, 3.05) is 33.7 Å². The van der Waals surface area contributed by atoms with Crippen molar-refractivity contribution >= 4 is 17.1 Å². The first-order chi connectivity index (χ1) is 8.56. The number of rotatable bonds is 5. The molecule has 1 fully saturated rings. The van der Waals surface area contributed by atoms with Gasteiger partial charge in [0.1, 0.15) is 0 Å². The van der Waals surface area contributed by atoms with Crippen LogP contribution >= 0.6 is 11.3 Å². The molecule has 1 aromatic rings. The molecule has 2 rings (SSSR count). The molecule has 18 heavy (non-hydrogen) atoms. The topological polar surface area (TPSA) is 43.8 Å². The molecule has 2 unspecified atom stereocenters. The van der Waals surface area contributed by atoms with Crippen molar-refractivity contribution in [3.8, 4) is 0 Å². The second-order valence-electron chi connectivity index (χ2n) is 5.14. The van der Waals surface area contributed by atoms with Gasteiger partial charge in [-0.1, -0.05) is 6.07 Å². The lowest BCUT2D eigenvalue weighted by atomic mass is 10.2. The number of nitrogens with zero attached hydrogens (tertiary/aromatic N) is 2. The summed E-state index contributed by atoms with van der Waals surface area (Å²) in [6.45, 7) is 1.90. The fourth-order valence-electron chi connectivity index (χ4n) is 2.46. The van der Waals surface area contributed by atoms with Gasteiger partial charge in [-0.15, -0.1) is 11.3 Å². The maximum atomic E-state index is 12.1. The maximum absolute atomic E-state index is 12.1. The highest BCUT2D eigenvalue weighted by molar-refractivity contribution is 7.12. The second-order valence-corrected chi connectivity index (χ2v) is 6.08. The van der Waals surface area contributed by atoms with Gasteiger partial charge in [0.2, 0.25) is 0 Å². The number of aliphatic hydroxyl groups is 1. The van der Waals surface area contributed by atoms with Gasteiger partial charge in [-0.25, -0.2) is 0 Å². The predicted molar refractivity (Wildman–Crippen MR) is 73.2 cm³/mol. The molecule has 0 aliphatic carbocycles. The van der Waals surface area contributed by atoms with E-state index in [1.807, 2.05) is 31.6 Å². The highest BCUT2D eigenvalue weighted by atomic mass is 32.1. The highest BCUT2D eigenvalue weighted by Gasteiger charge is 2.32. The average molecular weight is 268 g/mol. The highest BCUT2D eigenvalue weighted by Crippen LogP contribution is 2.20. The SMILES string of the molecule is CN(C)CC1CC(O)CN1CC(=O)c1cccs1. The van der Waals surface area contributed by atoms with E-state index in [9.17, 15) is 9.90 Å². The van der Waals surface area contributed by atoms with E-state index in [0.717, 1.165) is 17.8 Å². The number of Topliss-reactive ketones (excluding diaryl/α,β-unsaturated/α-hetero) is 1. The van der Waals surface area contributed by atoms with Crippen molar-refractivity contribution in [2.24, 2.45) is 0 Å². The Balaban J connectivity index is 1.96. The van der Waals surface area contributed by atoms with Crippen LogP contribution in [0.2, 0.25) is 0 Å². The summed E-state index contributed by atoms with van der Waals surface area (Å²) < 4.78 is 0. The summed E-state index contributed by atoms with van der Waals surface area (Å²) in [5, 5.41) is 11.7. The van der Waals surface area contributed by atoms with Crippen molar-refractivity contribution in [2.45, 2.75) is 18.6 Å². The van der Waals surface area contributed by atoms with Gasteiger partial charge in [-0.2, -0.15) is 0 Å². The van der Waals surface area contributed by atoms with E-state index in [-0.39, 0.29) is 17.9 Å². The lowest BCUT2D eigenvalue weighted by Crippen LogP contribution is -2.40. The number of likely N-dealkylation sites (tertiary alicyclic amines) is 1. The fraction of sp³-hybridized carbons (Fsp3) is 0.615.